The number of nitrogens with one attached hydrogen (secondary N) is 1. The van der Waals surface area contributed by atoms with E-state index >= 15 is 0 Å². The molecule has 0 spiro atoms. The van der Waals surface area contributed by atoms with E-state index < -0.39 is 0 Å². The number of rotatable bonds is 8. The van der Waals surface area contributed by atoms with Crippen LogP contribution < -0.4 is 15.0 Å². The number of hydrogen-bond donors (Lipinski definition) is 1. The number of likely N-dealkylation sites (N-methyl/N-ethyl adjacent to an activating group) is 1. The van der Waals surface area contributed by atoms with Gasteiger partial charge in [0.2, 0.25) is 0 Å². The Morgan fingerprint density at radius 2 is 2.00 bits per heavy atom. The lowest BCUT2D eigenvalue weighted by atomic mass is 10.1. The molecule has 1 heterocycles. The van der Waals surface area contributed by atoms with Gasteiger partial charge in [0.15, 0.2) is 0 Å². The van der Waals surface area contributed by atoms with Gasteiger partial charge in [-0.1, -0.05) is 31.4 Å². The highest BCUT2D eigenvalue weighted by Crippen LogP contribution is 2.30. The fourth-order valence-corrected chi connectivity index (χ4v) is 2.84. The molecule has 1 aromatic rings. The molecule has 2 rings (SSSR count). The van der Waals surface area contributed by atoms with E-state index in [2.05, 4.69) is 47.5 Å². The fraction of sp³-hybridized carbons (Fsp3) is 0.400. The number of allylic oxidation sites excluding steroid dienone is 3. The molecule has 0 radical (unpaired) electrons. The zero-order valence-corrected chi connectivity index (χ0v) is 14.9. The van der Waals surface area contributed by atoms with Crippen LogP contribution in [-0.4, -0.2) is 51.8 Å². The summed E-state index contributed by atoms with van der Waals surface area (Å²) < 4.78 is 5.50. The maximum absolute atomic E-state index is 5.50. The molecule has 4 heteroatoms. The summed E-state index contributed by atoms with van der Waals surface area (Å²) in [4.78, 5) is 4.79. The summed E-state index contributed by atoms with van der Waals surface area (Å²) >= 11 is 0. The third kappa shape index (κ3) is 4.90. The second-order valence-electron chi connectivity index (χ2n) is 6.03. The molecule has 0 atom stereocenters. The van der Waals surface area contributed by atoms with Crippen LogP contribution >= 0.6 is 0 Å². The van der Waals surface area contributed by atoms with Crippen molar-refractivity contribution in [2.45, 2.75) is 6.42 Å². The van der Waals surface area contributed by atoms with Gasteiger partial charge in [0, 0.05) is 38.4 Å². The molecule has 1 aliphatic rings. The van der Waals surface area contributed by atoms with Gasteiger partial charge >= 0.3 is 0 Å². The Balaban J connectivity index is 2.04. The highest BCUT2D eigenvalue weighted by atomic mass is 16.5. The fourth-order valence-electron chi connectivity index (χ4n) is 2.84. The van der Waals surface area contributed by atoms with Gasteiger partial charge in [0.05, 0.1) is 12.8 Å². The maximum Gasteiger partial charge on any atom is 0.142 e. The molecule has 0 bridgehead atoms. The summed E-state index contributed by atoms with van der Waals surface area (Å²) in [6, 6.07) is 6.38. The predicted octanol–water partition coefficient (Wildman–Crippen LogP) is 3.55. The monoisotopic (exact) mass is 327 g/mol. The quantitative estimate of drug-likeness (QED) is 0.739. The topological polar surface area (TPSA) is 27.7 Å². The predicted molar refractivity (Wildman–Crippen MR) is 104 cm³/mol. The minimum Gasteiger partial charge on any atom is -0.495 e. The Morgan fingerprint density at radius 1 is 1.25 bits per heavy atom. The minimum absolute atomic E-state index is 0.828. The second-order valence-corrected chi connectivity index (χ2v) is 6.03. The van der Waals surface area contributed by atoms with Crippen LogP contribution in [0.5, 0.6) is 5.75 Å². The molecule has 4 nitrogen and oxygen atoms in total. The lowest BCUT2D eigenvalue weighted by Crippen LogP contribution is -2.44. The van der Waals surface area contributed by atoms with Gasteiger partial charge < -0.3 is 19.9 Å². The average Bonchev–Trinajstić information content (AvgIpc) is 2.61. The number of hydrogen-bond acceptors (Lipinski definition) is 4. The normalized spacial score (nSPS) is 15.9. The lowest BCUT2D eigenvalue weighted by Gasteiger charge is -2.34. The first kappa shape index (κ1) is 18.1. The molecule has 1 N–H and O–H groups in total. The van der Waals surface area contributed by atoms with Gasteiger partial charge in [0.1, 0.15) is 5.75 Å². The molecule has 0 saturated carbocycles. The summed E-state index contributed by atoms with van der Waals surface area (Å²) in [7, 11) is 3.88. The zero-order chi connectivity index (χ0) is 17.4. The van der Waals surface area contributed by atoms with Crippen molar-refractivity contribution in [2.24, 2.45) is 0 Å². The van der Waals surface area contributed by atoms with E-state index in [1.807, 2.05) is 18.2 Å². The summed E-state index contributed by atoms with van der Waals surface area (Å²) in [6.45, 7) is 12.7. The summed E-state index contributed by atoms with van der Waals surface area (Å²) in [5, 5.41) is 3.49. The van der Waals surface area contributed by atoms with Crippen molar-refractivity contribution in [3.8, 4) is 5.75 Å². The number of nitrogens with zero attached hydrogens (tertiary/aromatic N) is 2. The van der Waals surface area contributed by atoms with Crippen LogP contribution in [0, 0.1) is 0 Å². The highest BCUT2D eigenvalue weighted by molar-refractivity contribution is 5.66. The third-order valence-corrected chi connectivity index (χ3v) is 4.37. The first-order valence-corrected chi connectivity index (χ1v) is 8.47. The van der Waals surface area contributed by atoms with Gasteiger partial charge in [-0.15, -0.1) is 0 Å². The van der Waals surface area contributed by atoms with E-state index in [0.717, 1.165) is 50.6 Å². The molecule has 0 unspecified atom stereocenters. The van der Waals surface area contributed by atoms with Crippen LogP contribution in [0.25, 0.3) is 0 Å². The molecular formula is C20H29N3O. The molecule has 0 amide bonds. The van der Waals surface area contributed by atoms with Crippen molar-refractivity contribution in [3.05, 3.63) is 55.2 Å². The largest absolute Gasteiger partial charge is 0.495 e. The molecule has 0 aromatic heterocycles. The van der Waals surface area contributed by atoms with Crippen LogP contribution in [0.3, 0.4) is 0 Å². The zero-order valence-electron chi connectivity index (χ0n) is 14.9. The molecule has 24 heavy (non-hydrogen) atoms. The van der Waals surface area contributed by atoms with Crippen molar-refractivity contribution in [2.75, 3.05) is 57.1 Å². The Kier molecular flexibility index (Phi) is 6.94. The number of ether oxygens (including phenoxy) is 1. The second kappa shape index (κ2) is 9.18. The van der Waals surface area contributed by atoms with E-state index in [4.69, 9.17) is 4.74 Å². The first-order valence-electron chi connectivity index (χ1n) is 8.47. The van der Waals surface area contributed by atoms with Crippen LogP contribution in [0.4, 0.5) is 11.4 Å². The summed E-state index contributed by atoms with van der Waals surface area (Å²) in [5.41, 5.74) is 3.46. The van der Waals surface area contributed by atoms with Gasteiger partial charge in [-0.25, -0.2) is 0 Å². The molecular weight excluding hydrogens is 298 g/mol. The average molecular weight is 327 g/mol. The molecule has 1 saturated heterocycles. The molecule has 1 aliphatic heterocycles. The van der Waals surface area contributed by atoms with E-state index in [-0.39, 0.29) is 0 Å². The highest BCUT2D eigenvalue weighted by Gasteiger charge is 2.15. The first-order chi connectivity index (χ1) is 11.7. The van der Waals surface area contributed by atoms with E-state index in [9.17, 15) is 0 Å². The van der Waals surface area contributed by atoms with Crippen molar-refractivity contribution in [3.63, 3.8) is 0 Å². The van der Waals surface area contributed by atoms with E-state index in [1.165, 1.54) is 11.3 Å². The smallest absolute Gasteiger partial charge is 0.142 e. The van der Waals surface area contributed by atoms with Crippen molar-refractivity contribution >= 4 is 11.4 Å². The standard InChI is InChI=1S/C20H29N3O/c1-5-7-17(6-2)10-11-21-19-16-18(8-9-20(19)24-4)23-14-12-22(3)13-15-23/h5-9,16,21H,1-2,10-15H2,3-4H3/b17-7+. The van der Waals surface area contributed by atoms with Crippen molar-refractivity contribution < 1.29 is 4.74 Å². The Hall–Kier alpha value is -2.20. The number of methoxy groups -OCH3 is 1. The SMILES string of the molecule is C=C/C=C(\C=C)CCNc1cc(N2CCN(C)CC2)ccc1OC. The van der Waals surface area contributed by atoms with Crippen LogP contribution in [0.15, 0.2) is 55.2 Å². The molecule has 130 valence electrons. The van der Waals surface area contributed by atoms with Gasteiger partial charge in [0.25, 0.3) is 0 Å². The van der Waals surface area contributed by atoms with Crippen molar-refractivity contribution in [1.29, 1.82) is 0 Å². The Labute approximate surface area is 146 Å². The van der Waals surface area contributed by atoms with E-state index in [1.54, 1.807) is 13.2 Å². The number of anilines is 2. The maximum atomic E-state index is 5.50. The molecule has 1 aromatic carbocycles. The Morgan fingerprint density at radius 3 is 2.62 bits per heavy atom. The van der Waals surface area contributed by atoms with E-state index in [0.29, 0.717) is 0 Å². The Bertz CT molecular complexity index is 587. The summed E-state index contributed by atoms with van der Waals surface area (Å²) in [6.07, 6.45) is 6.57. The molecule has 1 fully saturated rings. The lowest BCUT2D eigenvalue weighted by molar-refractivity contribution is 0.313. The third-order valence-electron chi connectivity index (χ3n) is 4.37. The van der Waals surface area contributed by atoms with Crippen LogP contribution in [0.2, 0.25) is 0 Å². The van der Waals surface area contributed by atoms with Crippen LogP contribution in [-0.2, 0) is 0 Å². The number of benzene rings is 1. The minimum atomic E-state index is 0.828. The summed E-state index contributed by atoms with van der Waals surface area (Å²) in [5.74, 6) is 0.876. The van der Waals surface area contributed by atoms with Crippen LogP contribution in [0.1, 0.15) is 6.42 Å². The van der Waals surface area contributed by atoms with Crippen molar-refractivity contribution in [1.82, 2.24) is 4.90 Å². The van der Waals surface area contributed by atoms with Gasteiger partial charge in [-0.05, 0) is 37.2 Å². The van der Waals surface area contributed by atoms with Gasteiger partial charge in [-0.2, -0.15) is 0 Å². The number of piperazine rings is 1. The molecule has 0 aliphatic carbocycles. The van der Waals surface area contributed by atoms with Gasteiger partial charge in [-0.3, -0.25) is 0 Å².